The highest BCUT2D eigenvalue weighted by atomic mass is 32.2. The van der Waals surface area contributed by atoms with Crippen molar-refractivity contribution >= 4 is 26.7 Å². The maximum absolute atomic E-state index is 12.7. The van der Waals surface area contributed by atoms with Crippen LogP contribution in [0, 0.1) is 6.92 Å². The van der Waals surface area contributed by atoms with Gasteiger partial charge in [-0.3, -0.25) is 13.9 Å². The van der Waals surface area contributed by atoms with Gasteiger partial charge in [-0.25, -0.2) is 13.2 Å². The summed E-state index contributed by atoms with van der Waals surface area (Å²) in [4.78, 5) is 12.2. The van der Waals surface area contributed by atoms with Crippen molar-refractivity contribution in [3.8, 4) is 5.75 Å². The summed E-state index contributed by atoms with van der Waals surface area (Å²) in [5.41, 5.74) is 2.42. The molecule has 2 aromatic carbocycles. The van der Waals surface area contributed by atoms with Gasteiger partial charge >= 0.3 is 5.69 Å². The molecule has 0 amide bonds. The van der Waals surface area contributed by atoms with Crippen molar-refractivity contribution in [2.45, 2.75) is 18.7 Å². The highest BCUT2D eigenvalue weighted by Crippen LogP contribution is 2.25. The number of sulfonamides is 1. The first-order valence-electron chi connectivity index (χ1n) is 8.16. The number of fused-ring (bicyclic) bond motifs is 1. The van der Waals surface area contributed by atoms with Gasteiger partial charge in [0, 0.05) is 14.1 Å². The lowest BCUT2D eigenvalue weighted by molar-refractivity contribution is 0.340. The van der Waals surface area contributed by atoms with E-state index in [1.54, 1.807) is 45.3 Å². The fourth-order valence-electron chi connectivity index (χ4n) is 2.84. The molecule has 0 unspecified atom stereocenters. The summed E-state index contributed by atoms with van der Waals surface area (Å²) >= 11 is 0. The summed E-state index contributed by atoms with van der Waals surface area (Å²) in [5, 5.41) is 0. The number of benzene rings is 2. The Bertz CT molecular complexity index is 1130. The molecule has 26 heavy (non-hydrogen) atoms. The first-order valence-corrected chi connectivity index (χ1v) is 9.64. The topological polar surface area (TPSA) is 82.3 Å². The van der Waals surface area contributed by atoms with Gasteiger partial charge in [-0.2, -0.15) is 0 Å². The smallest absolute Gasteiger partial charge is 0.328 e. The third-order valence-corrected chi connectivity index (χ3v) is 5.69. The minimum Gasteiger partial charge on any atom is -0.494 e. The van der Waals surface area contributed by atoms with Crippen LogP contribution in [-0.2, 0) is 24.1 Å². The second-order valence-corrected chi connectivity index (χ2v) is 7.75. The molecule has 0 atom stereocenters. The van der Waals surface area contributed by atoms with E-state index in [9.17, 15) is 13.2 Å². The standard InChI is InChI=1S/C18H21N3O4S/c1-5-25-13-6-8-14(9-7-13)26(23,24)19-15-11-17-16(10-12(15)2)20(3)18(22)21(17)4/h6-11,19H,5H2,1-4H3. The molecule has 0 aliphatic carbocycles. The minimum atomic E-state index is -3.75. The molecule has 0 aliphatic rings. The molecular weight excluding hydrogens is 354 g/mol. The number of imidazole rings is 1. The fourth-order valence-corrected chi connectivity index (χ4v) is 3.97. The molecule has 0 bridgehead atoms. The van der Waals surface area contributed by atoms with E-state index in [1.165, 1.54) is 21.3 Å². The zero-order valence-corrected chi connectivity index (χ0v) is 15.9. The molecule has 7 nitrogen and oxygen atoms in total. The minimum absolute atomic E-state index is 0.141. The van der Waals surface area contributed by atoms with Gasteiger partial charge in [0.1, 0.15) is 5.75 Å². The number of nitrogens with zero attached hydrogens (tertiary/aromatic N) is 2. The summed E-state index contributed by atoms with van der Waals surface area (Å²) in [6.07, 6.45) is 0. The van der Waals surface area contributed by atoms with E-state index >= 15 is 0 Å². The van der Waals surface area contributed by atoms with E-state index in [0.29, 0.717) is 23.6 Å². The molecule has 0 saturated heterocycles. The number of rotatable bonds is 5. The number of hydrogen-bond acceptors (Lipinski definition) is 4. The summed E-state index contributed by atoms with van der Waals surface area (Å²) in [5.74, 6) is 0.614. The Hall–Kier alpha value is -2.74. The van der Waals surface area contributed by atoms with Crippen LogP contribution in [0.15, 0.2) is 46.1 Å². The molecule has 0 radical (unpaired) electrons. The average Bonchev–Trinajstić information content (AvgIpc) is 2.80. The third kappa shape index (κ3) is 3.08. The van der Waals surface area contributed by atoms with Crippen molar-refractivity contribution in [2.24, 2.45) is 14.1 Å². The molecule has 0 fully saturated rings. The third-order valence-electron chi connectivity index (χ3n) is 4.31. The van der Waals surface area contributed by atoms with Crippen LogP contribution in [0.4, 0.5) is 5.69 Å². The lowest BCUT2D eigenvalue weighted by Gasteiger charge is -2.12. The van der Waals surface area contributed by atoms with Gasteiger partial charge in [0.15, 0.2) is 0 Å². The highest BCUT2D eigenvalue weighted by Gasteiger charge is 2.17. The Kier molecular flexibility index (Phi) is 4.53. The predicted octanol–water partition coefficient (Wildman–Crippen LogP) is 2.38. The highest BCUT2D eigenvalue weighted by molar-refractivity contribution is 7.92. The van der Waals surface area contributed by atoms with E-state index in [2.05, 4.69) is 4.72 Å². The molecule has 0 spiro atoms. The van der Waals surface area contributed by atoms with E-state index in [4.69, 9.17) is 4.74 Å². The van der Waals surface area contributed by atoms with Crippen molar-refractivity contribution < 1.29 is 13.2 Å². The number of ether oxygens (including phenoxy) is 1. The largest absolute Gasteiger partial charge is 0.494 e. The Labute approximate surface area is 151 Å². The SMILES string of the molecule is CCOc1ccc(S(=O)(=O)Nc2cc3c(cc2C)n(C)c(=O)n3C)cc1. The van der Waals surface area contributed by atoms with Crippen LogP contribution in [0.1, 0.15) is 12.5 Å². The maximum Gasteiger partial charge on any atom is 0.328 e. The Morgan fingerprint density at radius 2 is 1.62 bits per heavy atom. The molecule has 0 saturated carbocycles. The lowest BCUT2D eigenvalue weighted by Crippen LogP contribution is -2.19. The number of anilines is 1. The van der Waals surface area contributed by atoms with Gasteiger partial charge in [0.25, 0.3) is 10.0 Å². The summed E-state index contributed by atoms with van der Waals surface area (Å²) < 4.78 is 36.4. The molecule has 8 heteroatoms. The number of hydrogen-bond donors (Lipinski definition) is 1. The van der Waals surface area contributed by atoms with E-state index in [1.807, 2.05) is 6.92 Å². The van der Waals surface area contributed by atoms with E-state index in [-0.39, 0.29) is 10.6 Å². The van der Waals surface area contributed by atoms with Crippen LogP contribution in [0.5, 0.6) is 5.75 Å². The molecule has 3 rings (SSSR count). The van der Waals surface area contributed by atoms with E-state index in [0.717, 1.165) is 11.1 Å². The zero-order chi connectivity index (χ0) is 19.1. The molecule has 1 N–H and O–H groups in total. The first-order chi connectivity index (χ1) is 12.2. The van der Waals surface area contributed by atoms with Gasteiger partial charge < -0.3 is 4.74 Å². The summed E-state index contributed by atoms with van der Waals surface area (Å²) in [6, 6.07) is 9.72. The Balaban J connectivity index is 2.00. The van der Waals surface area contributed by atoms with Gasteiger partial charge in [-0.1, -0.05) is 0 Å². The monoisotopic (exact) mass is 375 g/mol. The van der Waals surface area contributed by atoms with Crippen molar-refractivity contribution in [1.82, 2.24) is 9.13 Å². The van der Waals surface area contributed by atoms with Crippen molar-refractivity contribution in [3.05, 3.63) is 52.4 Å². The van der Waals surface area contributed by atoms with Crippen LogP contribution in [0.25, 0.3) is 11.0 Å². The van der Waals surface area contributed by atoms with Crippen molar-refractivity contribution in [1.29, 1.82) is 0 Å². The average molecular weight is 375 g/mol. The zero-order valence-electron chi connectivity index (χ0n) is 15.1. The molecule has 138 valence electrons. The lowest BCUT2D eigenvalue weighted by atomic mass is 10.2. The van der Waals surface area contributed by atoms with E-state index < -0.39 is 10.0 Å². The van der Waals surface area contributed by atoms with Gasteiger partial charge in [-0.05, 0) is 55.8 Å². The first kappa shape index (κ1) is 18.1. The normalized spacial score (nSPS) is 11.7. The molecule has 3 aromatic rings. The molecule has 1 heterocycles. The van der Waals surface area contributed by atoms with Crippen molar-refractivity contribution in [2.75, 3.05) is 11.3 Å². The Morgan fingerprint density at radius 1 is 1.04 bits per heavy atom. The number of aryl methyl sites for hydroxylation is 3. The molecular formula is C18H21N3O4S. The number of nitrogens with one attached hydrogen (secondary N) is 1. The van der Waals surface area contributed by atoms with Crippen molar-refractivity contribution in [3.63, 3.8) is 0 Å². The second kappa shape index (κ2) is 6.53. The predicted molar refractivity (Wildman–Crippen MR) is 101 cm³/mol. The maximum atomic E-state index is 12.7. The Morgan fingerprint density at radius 3 is 2.19 bits per heavy atom. The molecule has 0 aliphatic heterocycles. The summed E-state index contributed by atoms with van der Waals surface area (Å²) in [7, 11) is -0.406. The number of aromatic nitrogens is 2. The van der Waals surface area contributed by atoms with Gasteiger partial charge in [0.05, 0.1) is 28.2 Å². The van der Waals surface area contributed by atoms with Crippen LogP contribution < -0.4 is 15.1 Å². The second-order valence-electron chi connectivity index (χ2n) is 6.07. The van der Waals surface area contributed by atoms with Gasteiger partial charge in [-0.15, -0.1) is 0 Å². The summed E-state index contributed by atoms with van der Waals surface area (Å²) in [6.45, 7) is 4.17. The fraction of sp³-hybridized carbons (Fsp3) is 0.278. The van der Waals surface area contributed by atoms with Crippen LogP contribution in [0.2, 0.25) is 0 Å². The van der Waals surface area contributed by atoms with Crippen LogP contribution in [0.3, 0.4) is 0 Å². The van der Waals surface area contributed by atoms with Crippen LogP contribution in [-0.4, -0.2) is 24.2 Å². The van der Waals surface area contributed by atoms with Crippen LogP contribution >= 0.6 is 0 Å². The van der Waals surface area contributed by atoms with Gasteiger partial charge in [0.2, 0.25) is 0 Å². The quantitative estimate of drug-likeness (QED) is 0.742. The molecule has 1 aromatic heterocycles.